The van der Waals surface area contributed by atoms with Crippen LogP contribution in [-0.2, 0) is 7.05 Å². The van der Waals surface area contributed by atoms with Crippen molar-refractivity contribution in [3.05, 3.63) is 81.7 Å². The quantitative estimate of drug-likeness (QED) is 0.674. The van der Waals surface area contributed by atoms with Crippen molar-refractivity contribution in [2.45, 2.75) is 0 Å². The highest BCUT2D eigenvalue weighted by Gasteiger charge is 2.10. The molecule has 2 aromatic carbocycles. The highest BCUT2D eigenvalue weighted by atomic mass is 79.9. The van der Waals surface area contributed by atoms with Gasteiger partial charge in [-0.15, -0.1) is 0 Å². The van der Waals surface area contributed by atoms with Gasteiger partial charge in [0.25, 0.3) is 0 Å². The van der Waals surface area contributed by atoms with Gasteiger partial charge in [0.1, 0.15) is 0 Å². The van der Waals surface area contributed by atoms with E-state index >= 15 is 0 Å². The molecule has 3 rings (SSSR count). The summed E-state index contributed by atoms with van der Waals surface area (Å²) < 4.78 is 2.90. The predicted octanol–water partition coefficient (Wildman–Crippen LogP) is 4.48. The summed E-state index contributed by atoms with van der Waals surface area (Å²) in [6, 6.07) is 17.6. The van der Waals surface area contributed by atoms with Crippen molar-refractivity contribution in [3.63, 3.8) is 0 Å². The molecular weight excluding hydrogens is 326 g/mol. The number of hydrogen-bond acceptors (Lipinski definition) is 1. The van der Waals surface area contributed by atoms with Crippen LogP contribution in [0.4, 0.5) is 0 Å². The summed E-state index contributed by atoms with van der Waals surface area (Å²) >= 11 is 3.46. The molecule has 0 saturated carbocycles. The fourth-order valence-electron chi connectivity index (χ4n) is 2.39. The highest BCUT2D eigenvalue weighted by molar-refractivity contribution is 9.10. The zero-order valence-electron chi connectivity index (χ0n) is 11.6. The number of halogens is 1. The fraction of sp³-hybridized carbons (Fsp3) is 0.0556. The number of benzene rings is 2. The van der Waals surface area contributed by atoms with Crippen LogP contribution in [0.15, 0.2) is 76.3 Å². The van der Waals surface area contributed by atoms with Gasteiger partial charge in [0, 0.05) is 35.0 Å². The number of nitrogens with zero attached hydrogens (tertiary/aromatic N) is 1. The van der Waals surface area contributed by atoms with Gasteiger partial charge >= 0.3 is 0 Å². The van der Waals surface area contributed by atoms with Crippen molar-refractivity contribution in [3.8, 4) is 22.3 Å². The summed E-state index contributed by atoms with van der Waals surface area (Å²) in [7, 11) is 1.94. The largest absolute Gasteiger partial charge is 0.356 e. The van der Waals surface area contributed by atoms with Gasteiger partial charge in [-0.3, -0.25) is 4.79 Å². The number of aromatic nitrogens is 1. The lowest BCUT2D eigenvalue weighted by Crippen LogP contribution is -2.11. The van der Waals surface area contributed by atoms with Crippen LogP contribution in [0.25, 0.3) is 22.3 Å². The van der Waals surface area contributed by atoms with E-state index in [-0.39, 0.29) is 5.43 Å². The Labute approximate surface area is 131 Å². The maximum Gasteiger partial charge on any atom is 0.197 e. The maximum atomic E-state index is 12.8. The third-order valence-electron chi connectivity index (χ3n) is 3.38. The van der Waals surface area contributed by atoms with E-state index in [2.05, 4.69) is 15.9 Å². The van der Waals surface area contributed by atoms with Gasteiger partial charge < -0.3 is 4.57 Å². The molecule has 21 heavy (non-hydrogen) atoms. The first kappa shape index (κ1) is 13.8. The Kier molecular flexibility index (Phi) is 3.76. The number of hydrogen-bond donors (Lipinski definition) is 0. The summed E-state index contributed by atoms with van der Waals surface area (Å²) in [6.45, 7) is 0. The van der Waals surface area contributed by atoms with E-state index in [0.29, 0.717) is 5.56 Å². The minimum absolute atomic E-state index is 0.0531. The Morgan fingerprint density at radius 2 is 1.48 bits per heavy atom. The summed E-state index contributed by atoms with van der Waals surface area (Å²) in [4.78, 5) is 12.8. The second-order valence-electron chi connectivity index (χ2n) is 4.96. The molecule has 3 aromatic rings. The molecule has 0 amide bonds. The normalized spacial score (nSPS) is 10.6. The van der Waals surface area contributed by atoms with Crippen molar-refractivity contribution >= 4 is 15.9 Å². The number of aryl methyl sites for hydroxylation is 1. The SMILES string of the molecule is Cn1cc(-c2ccccc2)c(=O)c(-c2cccc(Br)c2)c1. The van der Waals surface area contributed by atoms with Crippen LogP contribution >= 0.6 is 15.9 Å². The predicted molar refractivity (Wildman–Crippen MR) is 90.3 cm³/mol. The standard InChI is InChI=1S/C18H14BrNO/c1-20-11-16(13-6-3-2-4-7-13)18(21)17(12-20)14-8-5-9-15(19)10-14/h2-12H,1H3. The summed E-state index contributed by atoms with van der Waals surface area (Å²) in [5, 5.41) is 0. The molecule has 0 radical (unpaired) electrons. The molecule has 0 aliphatic rings. The Morgan fingerprint density at radius 1 is 0.857 bits per heavy atom. The molecule has 0 bridgehead atoms. The first-order valence-electron chi connectivity index (χ1n) is 6.67. The molecule has 1 aromatic heterocycles. The van der Waals surface area contributed by atoms with E-state index in [1.807, 2.05) is 78.6 Å². The third-order valence-corrected chi connectivity index (χ3v) is 3.87. The van der Waals surface area contributed by atoms with E-state index < -0.39 is 0 Å². The first-order chi connectivity index (χ1) is 10.1. The summed E-state index contributed by atoms with van der Waals surface area (Å²) in [5.74, 6) is 0. The number of pyridine rings is 1. The Balaban J connectivity index is 2.24. The van der Waals surface area contributed by atoms with Gasteiger partial charge in [-0.2, -0.15) is 0 Å². The molecule has 0 fully saturated rings. The van der Waals surface area contributed by atoms with Crippen LogP contribution in [0.2, 0.25) is 0 Å². The molecule has 0 atom stereocenters. The van der Waals surface area contributed by atoms with Crippen LogP contribution in [0.5, 0.6) is 0 Å². The van der Waals surface area contributed by atoms with E-state index in [0.717, 1.165) is 21.2 Å². The van der Waals surface area contributed by atoms with Crippen LogP contribution in [-0.4, -0.2) is 4.57 Å². The molecule has 0 spiro atoms. The van der Waals surface area contributed by atoms with E-state index in [4.69, 9.17) is 0 Å². The van der Waals surface area contributed by atoms with Gasteiger partial charge in [-0.1, -0.05) is 58.4 Å². The van der Waals surface area contributed by atoms with Crippen molar-refractivity contribution in [2.75, 3.05) is 0 Å². The smallest absolute Gasteiger partial charge is 0.197 e. The number of rotatable bonds is 2. The molecule has 3 heteroatoms. The second kappa shape index (κ2) is 5.70. The zero-order valence-corrected chi connectivity index (χ0v) is 13.2. The van der Waals surface area contributed by atoms with Crippen LogP contribution in [0.1, 0.15) is 0 Å². The van der Waals surface area contributed by atoms with Crippen LogP contribution < -0.4 is 5.43 Å². The third kappa shape index (κ3) is 2.83. The first-order valence-corrected chi connectivity index (χ1v) is 7.46. The molecule has 0 aliphatic heterocycles. The van der Waals surface area contributed by atoms with Gasteiger partial charge in [-0.25, -0.2) is 0 Å². The van der Waals surface area contributed by atoms with Crippen molar-refractivity contribution < 1.29 is 0 Å². The highest BCUT2D eigenvalue weighted by Crippen LogP contribution is 2.23. The molecule has 0 saturated heterocycles. The average molecular weight is 340 g/mol. The molecule has 0 N–H and O–H groups in total. The minimum atomic E-state index is 0.0531. The molecule has 2 nitrogen and oxygen atoms in total. The Hall–Kier alpha value is -2.13. The lowest BCUT2D eigenvalue weighted by Gasteiger charge is -2.09. The van der Waals surface area contributed by atoms with Crippen LogP contribution in [0.3, 0.4) is 0 Å². The van der Waals surface area contributed by atoms with Crippen molar-refractivity contribution in [1.82, 2.24) is 4.57 Å². The topological polar surface area (TPSA) is 22.0 Å². The molecular formula is C18H14BrNO. The summed E-state index contributed by atoms with van der Waals surface area (Å²) in [6.07, 6.45) is 3.75. The van der Waals surface area contributed by atoms with Gasteiger partial charge in [0.15, 0.2) is 5.43 Å². The van der Waals surface area contributed by atoms with E-state index in [1.165, 1.54) is 0 Å². The average Bonchev–Trinajstić information content (AvgIpc) is 2.50. The Morgan fingerprint density at radius 3 is 2.14 bits per heavy atom. The molecule has 1 heterocycles. The Bertz CT molecular complexity index is 837. The lowest BCUT2D eigenvalue weighted by molar-refractivity contribution is 0.904. The van der Waals surface area contributed by atoms with Crippen molar-refractivity contribution in [2.24, 2.45) is 7.05 Å². The fourth-order valence-corrected chi connectivity index (χ4v) is 2.79. The van der Waals surface area contributed by atoms with E-state index in [9.17, 15) is 4.79 Å². The van der Waals surface area contributed by atoms with Gasteiger partial charge in [-0.05, 0) is 23.3 Å². The lowest BCUT2D eigenvalue weighted by atomic mass is 10.0. The summed E-state index contributed by atoms with van der Waals surface area (Å²) in [5.41, 5.74) is 3.34. The maximum absolute atomic E-state index is 12.8. The molecule has 0 aliphatic carbocycles. The zero-order chi connectivity index (χ0) is 14.8. The van der Waals surface area contributed by atoms with Crippen molar-refractivity contribution in [1.29, 1.82) is 0 Å². The molecule has 104 valence electrons. The second-order valence-corrected chi connectivity index (χ2v) is 5.87. The molecule has 0 unspecified atom stereocenters. The monoisotopic (exact) mass is 339 g/mol. The van der Waals surface area contributed by atoms with Gasteiger partial charge in [0.05, 0.1) is 0 Å². The minimum Gasteiger partial charge on any atom is -0.356 e. The van der Waals surface area contributed by atoms with Gasteiger partial charge in [0.2, 0.25) is 0 Å². The van der Waals surface area contributed by atoms with Crippen LogP contribution in [0, 0.1) is 0 Å². The van der Waals surface area contributed by atoms with E-state index in [1.54, 1.807) is 0 Å².